The highest BCUT2D eigenvalue weighted by Gasteiger charge is 2.20. The zero-order chi connectivity index (χ0) is 55.6. The fraction of sp³-hybridized carbons (Fsp3) is 0.471. The van der Waals surface area contributed by atoms with E-state index in [2.05, 4.69) is 122 Å². The fourth-order valence-electron chi connectivity index (χ4n) is 10.9. The molecule has 3 unspecified atom stereocenters. The van der Waals surface area contributed by atoms with Gasteiger partial charge in [0.25, 0.3) is 0 Å². The van der Waals surface area contributed by atoms with Crippen molar-refractivity contribution in [2.75, 3.05) is 42.7 Å². The molecular formula is C68H92F2O6. The van der Waals surface area contributed by atoms with Gasteiger partial charge in [-0.1, -0.05) is 133 Å². The summed E-state index contributed by atoms with van der Waals surface area (Å²) in [6.45, 7) is 17.9. The van der Waals surface area contributed by atoms with E-state index in [0.717, 1.165) is 97.0 Å². The normalized spacial score (nSPS) is 13.3. The highest BCUT2D eigenvalue weighted by atomic mass is 19.1. The number of hydrogen-bond donors (Lipinski definition) is 0. The van der Waals surface area contributed by atoms with E-state index in [9.17, 15) is 8.78 Å². The average Bonchev–Trinajstić information content (AvgIpc) is 3.41. The number of ether oxygens (including phenoxy) is 6. The van der Waals surface area contributed by atoms with Crippen LogP contribution in [0.4, 0.5) is 8.78 Å². The Labute approximate surface area is 457 Å². The number of hydrogen-bond acceptors (Lipinski definition) is 6. The Kier molecular flexibility index (Phi) is 27.3. The van der Waals surface area contributed by atoms with Crippen LogP contribution in [0.15, 0.2) is 121 Å². The van der Waals surface area contributed by atoms with E-state index in [4.69, 9.17) is 28.4 Å². The molecule has 0 amide bonds. The maximum Gasteiger partial charge on any atom is 0.123 e. The van der Waals surface area contributed by atoms with Crippen LogP contribution in [0.5, 0.6) is 34.5 Å². The van der Waals surface area contributed by atoms with Crippen molar-refractivity contribution in [3.63, 3.8) is 0 Å². The van der Waals surface area contributed by atoms with E-state index in [0.29, 0.717) is 35.5 Å². The quantitative estimate of drug-likeness (QED) is 0.0512. The Morgan fingerprint density at radius 3 is 0.947 bits per heavy atom. The van der Waals surface area contributed by atoms with Crippen molar-refractivity contribution in [3.05, 3.63) is 177 Å². The first kappa shape index (κ1) is 62.5. The Morgan fingerprint density at radius 1 is 0.329 bits per heavy atom. The molecule has 6 rings (SSSR count). The van der Waals surface area contributed by atoms with Crippen molar-refractivity contribution < 1.29 is 37.2 Å². The van der Waals surface area contributed by atoms with E-state index >= 15 is 0 Å². The first-order chi connectivity index (χ1) is 36.6. The minimum atomic E-state index is -0.246. The summed E-state index contributed by atoms with van der Waals surface area (Å²) in [6, 6.07) is 39.0. The standard InChI is InChI=1S/C24H34O2.C22H28F2O2.C22H30O2/c1-7-20(16-22-14-18(3)9-11-24(22)26-6)12-19(4)15-21-13-17(2)8-10-23(21)25-5;1-5-16(12-18-14-20(24)7-9-22(18)26-4)10-15(2)11-17-13-19(23)6-8-21(17)25-3;1-5-18(16-20-11-7-9-13-22(20)24-4)14-17(2)15-19-10-6-8-12-21(19)23-3/h8-11,13-14,19-20H,7,12,15-16H2,1-6H3;6-9,13-16H,5,10-12H2,1-4H3;6-13,17-18H,5,14-16H2,1-4H3/t19-,20?;15-,16?;17-,18?/m111/s1. The molecule has 0 fully saturated rings. The first-order valence-corrected chi connectivity index (χ1v) is 27.8. The lowest BCUT2D eigenvalue weighted by Crippen LogP contribution is -2.12. The molecule has 0 aliphatic rings. The molecule has 0 heterocycles. The maximum atomic E-state index is 13.6. The van der Waals surface area contributed by atoms with Crippen LogP contribution in [0.2, 0.25) is 0 Å². The van der Waals surface area contributed by atoms with Gasteiger partial charge in [0, 0.05) is 0 Å². The van der Waals surface area contributed by atoms with E-state index < -0.39 is 0 Å². The van der Waals surface area contributed by atoms with Crippen molar-refractivity contribution in [2.45, 2.75) is 132 Å². The second kappa shape index (κ2) is 33.2. The van der Waals surface area contributed by atoms with E-state index in [1.807, 2.05) is 18.2 Å². The number of aryl methyl sites for hydroxylation is 2. The van der Waals surface area contributed by atoms with Gasteiger partial charge in [0.1, 0.15) is 46.1 Å². The predicted molar refractivity (Wildman–Crippen MR) is 312 cm³/mol. The Hall–Kier alpha value is -6.02. The summed E-state index contributed by atoms with van der Waals surface area (Å²) in [6.07, 6.45) is 12.6. The van der Waals surface area contributed by atoms with E-state index in [-0.39, 0.29) is 11.6 Å². The molecule has 0 aromatic heterocycles. The largest absolute Gasteiger partial charge is 0.496 e. The van der Waals surface area contributed by atoms with Crippen LogP contribution in [0.1, 0.15) is 125 Å². The topological polar surface area (TPSA) is 55.4 Å². The van der Waals surface area contributed by atoms with Crippen molar-refractivity contribution >= 4 is 0 Å². The van der Waals surface area contributed by atoms with Gasteiger partial charge in [-0.3, -0.25) is 0 Å². The van der Waals surface area contributed by atoms with Crippen molar-refractivity contribution in [3.8, 4) is 34.5 Å². The SMILES string of the molecule is CCC(Cc1cc(C)ccc1OC)C[C@@H](C)Cc1cc(C)ccc1OC.CCC(Cc1cc(F)ccc1OC)C[C@@H](C)Cc1cc(F)ccc1OC.CCC(Cc1ccccc1OC)C[C@@H](C)Cc1ccccc1OC. The molecule has 6 atom stereocenters. The molecule has 0 saturated carbocycles. The zero-order valence-corrected chi connectivity index (χ0v) is 48.7. The summed E-state index contributed by atoms with van der Waals surface area (Å²) in [5.74, 6) is 8.33. The Balaban J connectivity index is 0.000000247. The van der Waals surface area contributed by atoms with Crippen LogP contribution in [0, 0.1) is 61.0 Å². The van der Waals surface area contributed by atoms with E-state index in [1.54, 1.807) is 66.9 Å². The lowest BCUT2D eigenvalue weighted by atomic mass is 9.85. The van der Waals surface area contributed by atoms with E-state index in [1.165, 1.54) is 71.2 Å². The summed E-state index contributed by atoms with van der Waals surface area (Å²) in [4.78, 5) is 0. The van der Waals surface area contributed by atoms with Gasteiger partial charge >= 0.3 is 0 Å². The van der Waals surface area contributed by atoms with Crippen molar-refractivity contribution in [1.82, 2.24) is 0 Å². The molecule has 0 N–H and O–H groups in total. The van der Waals surface area contributed by atoms with Gasteiger partial charge in [0.05, 0.1) is 42.7 Å². The van der Waals surface area contributed by atoms with Crippen molar-refractivity contribution in [2.24, 2.45) is 35.5 Å². The molecule has 0 aliphatic carbocycles. The van der Waals surface area contributed by atoms with Crippen LogP contribution < -0.4 is 28.4 Å². The number of halogens is 2. The molecule has 6 aromatic carbocycles. The number of para-hydroxylation sites is 2. The molecule has 6 nitrogen and oxygen atoms in total. The monoisotopic (exact) mass is 1040 g/mol. The molecule has 414 valence electrons. The van der Waals surface area contributed by atoms with Gasteiger partial charge in [0.15, 0.2) is 0 Å². The summed E-state index contributed by atoms with van der Waals surface area (Å²) in [7, 11) is 10.2. The van der Waals surface area contributed by atoms with Gasteiger partial charge in [-0.15, -0.1) is 0 Å². The highest BCUT2D eigenvalue weighted by molar-refractivity contribution is 5.40. The van der Waals surface area contributed by atoms with Gasteiger partial charge in [-0.05, 0) is 201 Å². The first-order valence-electron chi connectivity index (χ1n) is 27.8. The molecule has 0 spiro atoms. The molecule has 0 radical (unpaired) electrons. The number of rotatable bonds is 27. The van der Waals surface area contributed by atoms with Crippen LogP contribution >= 0.6 is 0 Å². The average molecular weight is 1040 g/mol. The lowest BCUT2D eigenvalue weighted by molar-refractivity contribution is 0.357. The number of benzene rings is 6. The Morgan fingerprint density at radius 2 is 0.592 bits per heavy atom. The highest BCUT2D eigenvalue weighted by Crippen LogP contribution is 2.33. The summed E-state index contributed by atoms with van der Waals surface area (Å²) >= 11 is 0. The van der Waals surface area contributed by atoms with Crippen LogP contribution in [-0.4, -0.2) is 42.7 Å². The fourth-order valence-corrected chi connectivity index (χ4v) is 10.9. The second-order valence-corrected chi connectivity index (χ2v) is 21.2. The molecule has 0 saturated heterocycles. The zero-order valence-electron chi connectivity index (χ0n) is 48.7. The van der Waals surface area contributed by atoms with Crippen LogP contribution in [0.25, 0.3) is 0 Å². The third-order valence-corrected chi connectivity index (χ3v) is 14.9. The van der Waals surface area contributed by atoms with Gasteiger partial charge in [0.2, 0.25) is 0 Å². The summed E-state index contributed by atoms with van der Waals surface area (Å²) < 4.78 is 60.0. The lowest BCUT2D eigenvalue weighted by Gasteiger charge is -2.22. The third kappa shape index (κ3) is 20.5. The second-order valence-electron chi connectivity index (χ2n) is 21.2. The maximum absolute atomic E-state index is 13.6. The predicted octanol–water partition coefficient (Wildman–Crippen LogP) is 17.5. The molecule has 8 heteroatoms. The number of methoxy groups -OCH3 is 6. The minimum Gasteiger partial charge on any atom is -0.496 e. The molecule has 6 aromatic rings. The van der Waals surface area contributed by atoms with Crippen molar-refractivity contribution in [1.29, 1.82) is 0 Å². The van der Waals surface area contributed by atoms with Crippen LogP contribution in [0.3, 0.4) is 0 Å². The van der Waals surface area contributed by atoms with Gasteiger partial charge in [-0.2, -0.15) is 0 Å². The smallest absolute Gasteiger partial charge is 0.123 e. The summed E-state index contributed by atoms with van der Waals surface area (Å²) in [5.41, 5.74) is 9.66. The minimum absolute atomic E-state index is 0.242. The molecule has 0 aliphatic heterocycles. The van der Waals surface area contributed by atoms with Gasteiger partial charge in [-0.25, -0.2) is 8.78 Å². The van der Waals surface area contributed by atoms with Crippen LogP contribution in [-0.2, 0) is 38.5 Å². The Bertz CT molecular complexity index is 2490. The molecule has 76 heavy (non-hydrogen) atoms. The van der Waals surface area contributed by atoms with Gasteiger partial charge < -0.3 is 28.4 Å². The summed E-state index contributed by atoms with van der Waals surface area (Å²) in [5, 5.41) is 0. The third-order valence-electron chi connectivity index (χ3n) is 14.9. The molecular weight excluding hydrogens is 951 g/mol. The molecule has 0 bridgehead atoms.